The number of anilines is 1. The Labute approximate surface area is 216 Å². The standard InChI is InChI=1S/C27H26N6O2.CH4O/c1-2-35-23-15-24(27-22(16-28)18-30-33(27)19-23)21-8-9-25(29-17-21)31-10-12-32(13-11-31)26(34)14-20-6-4-3-5-7-20;1-2/h3-9,15,17-19H,2,10-14H2,1H3;2H,1H3. The Morgan fingerprint density at radius 1 is 1.08 bits per heavy atom. The first-order chi connectivity index (χ1) is 18.2. The molecule has 0 aliphatic carbocycles. The fourth-order valence-electron chi connectivity index (χ4n) is 4.44. The predicted octanol–water partition coefficient (Wildman–Crippen LogP) is 3.17. The van der Waals surface area contributed by atoms with E-state index in [-0.39, 0.29) is 5.91 Å². The number of piperazine rings is 1. The summed E-state index contributed by atoms with van der Waals surface area (Å²) < 4.78 is 7.38. The first-order valence-corrected chi connectivity index (χ1v) is 12.2. The van der Waals surface area contributed by atoms with E-state index in [1.165, 1.54) is 0 Å². The fourth-order valence-corrected chi connectivity index (χ4v) is 4.44. The summed E-state index contributed by atoms with van der Waals surface area (Å²) >= 11 is 0. The predicted molar refractivity (Wildman–Crippen MR) is 141 cm³/mol. The fraction of sp³-hybridized carbons (Fsp3) is 0.286. The summed E-state index contributed by atoms with van der Waals surface area (Å²) in [6, 6.07) is 18.0. The second kappa shape index (κ2) is 12.0. The van der Waals surface area contributed by atoms with Gasteiger partial charge in [-0.15, -0.1) is 0 Å². The lowest BCUT2D eigenvalue weighted by atomic mass is 10.1. The molecular weight excluding hydrogens is 468 g/mol. The Kier molecular flexibility index (Phi) is 8.33. The number of benzene rings is 1. The Hall–Kier alpha value is -4.42. The van der Waals surface area contributed by atoms with Gasteiger partial charge in [-0.1, -0.05) is 30.3 Å². The largest absolute Gasteiger partial charge is 0.492 e. The Morgan fingerprint density at radius 2 is 1.84 bits per heavy atom. The number of hydrogen-bond acceptors (Lipinski definition) is 7. The topological polar surface area (TPSA) is 107 Å². The van der Waals surface area contributed by atoms with Gasteiger partial charge in [-0.05, 0) is 30.7 Å². The highest BCUT2D eigenvalue weighted by Gasteiger charge is 2.22. The molecule has 5 rings (SSSR count). The third-order valence-electron chi connectivity index (χ3n) is 6.23. The van der Waals surface area contributed by atoms with Gasteiger partial charge in [0.2, 0.25) is 5.91 Å². The van der Waals surface area contributed by atoms with Crippen molar-refractivity contribution in [3.63, 3.8) is 0 Å². The van der Waals surface area contributed by atoms with Crippen LogP contribution in [-0.4, -0.2) is 70.4 Å². The van der Waals surface area contributed by atoms with Gasteiger partial charge in [-0.2, -0.15) is 10.4 Å². The van der Waals surface area contributed by atoms with Crippen LogP contribution in [0.25, 0.3) is 16.6 Å². The molecule has 0 radical (unpaired) electrons. The summed E-state index contributed by atoms with van der Waals surface area (Å²) in [6.07, 6.45) is 5.60. The third kappa shape index (κ3) is 5.71. The van der Waals surface area contributed by atoms with E-state index in [2.05, 4.69) is 16.1 Å². The first kappa shape index (κ1) is 25.7. The van der Waals surface area contributed by atoms with Crippen molar-refractivity contribution in [1.82, 2.24) is 19.5 Å². The lowest BCUT2D eigenvalue weighted by Crippen LogP contribution is -2.49. The van der Waals surface area contributed by atoms with Gasteiger partial charge in [0.05, 0.1) is 36.5 Å². The van der Waals surface area contributed by atoms with Crippen molar-refractivity contribution in [2.75, 3.05) is 44.8 Å². The van der Waals surface area contributed by atoms with Crippen molar-refractivity contribution in [2.45, 2.75) is 13.3 Å². The number of fused-ring (bicyclic) bond motifs is 1. The molecule has 1 fully saturated rings. The molecule has 0 atom stereocenters. The van der Waals surface area contributed by atoms with E-state index in [1.807, 2.05) is 66.6 Å². The summed E-state index contributed by atoms with van der Waals surface area (Å²) in [4.78, 5) is 21.5. The van der Waals surface area contributed by atoms with E-state index < -0.39 is 0 Å². The van der Waals surface area contributed by atoms with Crippen LogP contribution in [0, 0.1) is 11.3 Å². The third-order valence-corrected chi connectivity index (χ3v) is 6.23. The Balaban J connectivity index is 0.00000156. The van der Waals surface area contributed by atoms with E-state index in [0.717, 1.165) is 48.2 Å². The van der Waals surface area contributed by atoms with Gasteiger partial charge in [0, 0.05) is 50.6 Å². The number of carbonyl (C=O) groups is 1. The molecular formula is C28H30N6O3. The number of aromatic nitrogens is 3. The number of nitrogens with zero attached hydrogens (tertiary/aromatic N) is 6. The molecule has 1 aromatic carbocycles. The molecule has 1 saturated heterocycles. The highest BCUT2D eigenvalue weighted by molar-refractivity contribution is 5.85. The molecule has 0 bridgehead atoms. The summed E-state index contributed by atoms with van der Waals surface area (Å²) in [6.45, 7) is 5.28. The summed E-state index contributed by atoms with van der Waals surface area (Å²) in [5.74, 6) is 1.71. The van der Waals surface area contributed by atoms with Crippen molar-refractivity contribution in [2.24, 2.45) is 0 Å². The molecule has 1 N–H and O–H groups in total. The normalized spacial score (nSPS) is 13.0. The SMILES string of the molecule is CCOc1cc(-c2ccc(N3CCN(C(=O)Cc4ccccc4)CC3)nc2)c2c(C#N)cnn2c1.CO. The maximum absolute atomic E-state index is 12.7. The number of pyridine rings is 2. The van der Waals surface area contributed by atoms with Crippen molar-refractivity contribution >= 4 is 17.2 Å². The zero-order chi connectivity index (χ0) is 26.2. The van der Waals surface area contributed by atoms with E-state index in [1.54, 1.807) is 16.9 Å². The maximum Gasteiger partial charge on any atom is 0.227 e. The second-order valence-corrected chi connectivity index (χ2v) is 8.42. The molecule has 4 heterocycles. The van der Waals surface area contributed by atoms with Gasteiger partial charge in [-0.25, -0.2) is 9.50 Å². The van der Waals surface area contributed by atoms with E-state index in [9.17, 15) is 10.1 Å². The van der Waals surface area contributed by atoms with Crippen LogP contribution in [0.4, 0.5) is 5.82 Å². The van der Waals surface area contributed by atoms with Crippen molar-refractivity contribution < 1.29 is 14.6 Å². The molecule has 9 nitrogen and oxygen atoms in total. The molecule has 9 heteroatoms. The van der Waals surface area contributed by atoms with E-state index >= 15 is 0 Å². The molecule has 0 unspecified atom stereocenters. The van der Waals surface area contributed by atoms with Crippen molar-refractivity contribution in [1.29, 1.82) is 5.26 Å². The quantitative estimate of drug-likeness (QED) is 0.435. The van der Waals surface area contributed by atoms with Crippen LogP contribution in [-0.2, 0) is 11.2 Å². The number of aliphatic hydroxyl groups excluding tert-OH is 1. The minimum Gasteiger partial charge on any atom is -0.492 e. The second-order valence-electron chi connectivity index (χ2n) is 8.42. The van der Waals surface area contributed by atoms with Gasteiger partial charge >= 0.3 is 0 Å². The Bertz CT molecular complexity index is 1370. The van der Waals surface area contributed by atoms with Crippen LogP contribution in [0.2, 0.25) is 0 Å². The van der Waals surface area contributed by atoms with E-state index in [4.69, 9.17) is 14.8 Å². The highest BCUT2D eigenvalue weighted by Crippen LogP contribution is 2.31. The minimum atomic E-state index is 0.159. The lowest BCUT2D eigenvalue weighted by Gasteiger charge is -2.35. The lowest BCUT2D eigenvalue weighted by molar-refractivity contribution is -0.130. The first-order valence-electron chi connectivity index (χ1n) is 12.2. The highest BCUT2D eigenvalue weighted by atomic mass is 16.5. The molecule has 190 valence electrons. The summed E-state index contributed by atoms with van der Waals surface area (Å²) in [5.41, 5.74) is 4.01. The number of nitriles is 1. The van der Waals surface area contributed by atoms with Gasteiger partial charge < -0.3 is 19.6 Å². The molecule has 1 amide bonds. The van der Waals surface area contributed by atoms with Gasteiger partial charge in [0.1, 0.15) is 17.6 Å². The van der Waals surface area contributed by atoms with Crippen molar-refractivity contribution in [3.8, 4) is 22.9 Å². The van der Waals surface area contributed by atoms with Gasteiger partial charge in [0.25, 0.3) is 0 Å². The average Bonchev–Trinajstić information content (AvgIpc) is 3.38. The van der Waals surface area contributed by atoms with Crippen LogP contribution in [0.15, 0.2) is 67.1 Å². The monoisotopic (exact) mass is 498 g/mol. The number of hydrogen-bond donors (Lipinski definition) is 1. The number of ether oxygens (including phenoxy) is 1. The van der Waals surface area contributed by atoms with Crippen molar-refractivity contribution in [3.05, 3.63) is 78.2 Å². The van der Waals surface area contributed by atoms with E-state index in [0.29, 0.717) is 37.4 Å². The zero-order valence-corrected chi connectivity index (χ0v) is 21.0. The average molecular weight is 499 g/mol. The van der Waals surface area contributed by atoms with Crippen LogP contribution in [0.1, 0.15) is 18.1 Å². The van der Waals surface area contributed by atoms with Gasteiger partial charge in [0.15, 0.2) is 0 Å². The number of carbonyl (C=O) groups excluding carboxylic acids is 1. The molecule has 0 spiro atoms. The minimum absolute atomic E-state index is 0.159. The number of amides is 1. The molecule has 1 aliphatic heterocycles. The number of aliphatic hydroxyl groups is 1. The number of rotatable bonds is 6. The zero-order valence-electron chi connectivity index (χ0n) is 21.0. The summed E-state index contributed by atoms with van der Waals surface area (Å²) in [5, 5.41) is 20.9. The molecule has 3 aromatic heterocycles. The van der Waals surface area contributed by atoms with Crippen LogP contribution < -0.4 is 9.64 Å². The van der Waals surface area contributed by atoms with Crippen LogP contribution in [0.5, 0.6) is 5.75 Å². The molecule has 4 aromatic rings. The molecule has 37 heavy (non-hydrogen) atoms. The molecule has 0 saturated carbocycles. The van der Waals surface area contributed by atoms with Crippen LogP contribution in [0.3, 0.4) is 0 Å². The Morgan fingerprint density at radius 3 is 2.49 bits per heavy atom. The van der Waals surface area contributed by atoms with Crippen LogP contribution >= 0.6 is 0 Å². The smallest absolute Gasteiger partial charge is 0.227 e. The maximum atomic E-state index is 12.7. The van der Waals surface area contributed by atoms with Gasteiger partial charge in [-0.3, -0.25) is 4.79 Å². The summed E-state index contributed by atoms with van der Waals surface area (Å²) in [7, 11) is 1.00. The molecule has 1 aliphatic rings.